The van der Waals surface area contributed by atoms with E-state index < -0.39 is 0 Å². The van der Waals surface area contributed by atoms with Crippen LogP contribution in [-0.2, 0) is 19.1 Å². The molecule has 1 aliphatic carbocycles. The van der Waals surface area contributed by atoms with Gasteiger partial charge in [0.05, 0.1) is 25.0 Å². The van der Waals surface area contributed by atoms with Gasteiger partial charge in [0.15, 0.2) is 0 Å². The van der Waals surface area contributed by atoms with Crippen LogP contribution in [0.1, 0.15) is 105 Å². The normalized spacial score (nSPS) is 22.1. The van der Waals surface area contributed by atoms with Crippen LogP contribution < -0.4 is 0 Å². The first kappa shape index (κ1) is 26.0. The minimum Gasteiger partial charge on any atom is -0.465 e. The molecule has 0 aromatic heterocycles. The molecule has 0 saturated heterocycles. The third-order valence-electron chi connectivity index (χ3n) is 6.06. The predicted molar refractivity (Wildman–Crippen MR) is 119 cm³/mol. The van der Waals surface area contributed by atoms with Crippen LogP contribution >= 0.6 is 0 Å². The lowest BCUT2D eigenvalue weighted by Crippen LogP contribution is -2.37. The van der Waals surface area contributed by atoms with E-state index in [4.69, 9.17) is 9.47 Å². The van der Waals surface area contributed by atoms with Crippen molar-refractivity contribution in [1.82, 2.24) is 0 Å². The average Bonchev–Trinajstić information content (AvgIpc) is 2.66. The Hall–Kier alpha value is -1.06. The Kier molecular flexibility index (Phi) is 13.3. The van der Waals surface area contributed by atoms with Gasteiger partial charge in [0.2, 0.25) is 0 Å². The minimum absolute atomic E-state index is 0.195. The van der Waals surface area contributed by atoms with Crippen LogP contribution in [-0.4, -0.2) is 25.2 Å². The number of ether oxygens (including phenoxy) is 2. The molecule has 29 heavy (non-hydrogen) atoms. The molecule has 0 aliphatic heterocycles. The number of unbranched alkanes of at least 4 members (excludes halogenated alkanes) is 4. The maximum Gasteiger partial charge on any atom is 0.309 e. The van der Waals surface area contributed by atoms with Crippen LogP contribution in [0, 0.1) is 29.6 Å². The molecule has 1 saturated carbocycles. The second-order valence-electron chi connectivity index (χ2n) is 9.95. The Morgan fingerprint density at radius 3 is 1.69 bits per heavy atom. The molecular weight excluding hydrogens is 364 g/mol. The molecule has 1 rings (SSSR count). The highest BCUT2D eigenvalue weighted by Crippen LogP contribution is 2.35. The van der Waals surface area contributed by atoms with E-state index in [2.05, 4.69) is 34.6 Å². The van der Waals surface area contributed by atoms with Gasteiger partial charge in [0.1, 0.15) is 0 Å². The van der Waals surface area contributed by atoms with E-state index in [0.29, 0.717) is 19.1 Å². The lowest BCUT2D eigenvalue weighted by Gasteiger charge is -2.31. The first-order valence-electron chi connectivity index (χ1n) is 12.1. The molecule has 0 bridgehead atoms. The summed E-state index contributed by atoms with van der Waals surface area (Å²) in [5, 5.41) is 0. The van der Waals surface area contributed by atoms with Gasteiger partial charge in [-0.2, -0.15) is 0 Å². The fourth-order valence-corrected chi connectivity index (χ4v) is 4.15. The molecule has 4 nitrogen and oxygen atoms in total. The summed E-state index contributed by atoms with van der Waals surface area (Å²) in [7, 11) is 0. The molecule has 0 N–H and O–H groups in total. The van der Waals surface area contributed by atoms with E-state index >= 15 is 0 Å². The molecule has 4 heteroatoms. The number of hydrogen-bond donors (Lipinski definition) is 0. The van der Waals surface area contributed by atoms with Crippen LogP contribution in [0.5, 0.6) is 0 Å². The van der Waals surface area contributed by atoms with E-state index in [1.54, 1.807) is 0 Å². The monoisotopic (exact) mass is 410 g/mol. The van der Waals surface area contributed by atoms with Crippen molar-refractivity contribution in [2.75, 3.05) is 13.2 Å². The Morgan fingerprint density at radius 2 is 1.21 bits per heavy atom. The number of rotatable bonds is 14. The summed E-state index contributed by atoms with van der Waals surface area (Å²) >= 11 is 0. The fraction of sp³-hybridized carbons (Fsp3) is 0.920. The Labute approximate surface area is 179 Å². The van der Waals surface area contributed by atoms with Crippen molar-refractivity contribution < 1.29 is 19.1 Å². The van der Waals surface area contributed by atoms with Gasteiger partial charge in [-0.15, -0.1) is 0 Å². The third kappa shape index (κ3) is 11.6. The van der Waals surface area contributed by atoms with Gasteiger partial charge in [-0.05, 0) is 49.9 Å². The maximum absolute atomic E-state index is 12.6. The van der Waals surface area contributed by atoms with Gasteiger partial charge in [-0.25, -0.2) is 0 Å². The zero-order valence-electron chi connectivity index (χ0n) is 19.7. The Balaban J connectivity index is 2.35. The molecule has 0 aromatic rings. The SMILES string of the molecule is CC(C)CCCCCOC(=O)C1CCC(C)CC1C(=O)OCCCCCC(C)C. The molecule has 3 unspecified atom stereocenters. The van der Waals surface area contributed by atoms with E-state index in [1.807, 2.05) is 0 Å². The van der Waals surface area contributed by atoms with Crippen molar-refractivity contribution in [3.8, 4) is 0 Å². The second-order valence-corrected chi connectivity index (χ2v) is 9.95. The van der Waals surface area contributed by atoms with Gasteiger partial charge < -0.3 is 9.47 Å². The van der Waals surface area contributed by atoms with Gasteiger partial charge in [0.25, 0.3) is 0 Å². The van der Waals surface area contributed by atoms with E-state index in [1.165, 1.54) is 25.7 Å². The van der Waals surface area contributed by atoms with Gasteiger partial charge in [-0.3, -0.25) is 9.59 Å². The first-order valence-corrected chi connectivity index (χ1v) is 12.1. The van der Waals surface area contributed by atoms with Gasteiger partial charge in [-0.1, -0.05) is 73.1 Å². The van der Waals surface area contributed by atoms with E-state index in [-0.39, 0.29) is 23.8 Å². The van der Waals surface area contributed by atoms with Crippen molar-refractivity contribution in [3.63, 3.8) is 0 Å². The van der Waals surface area contributed by atoms with Crippen molar-refractivity contribution in [3.05, 3.63) is 0 Å². The molecule has 1 fully saturated rings. The number of carbonyl (C=O) groups is 2. The molecule has 3 atom stereocenters. The topological polar surface area (TPSA) is 52.6 Å². The van der Waals surface area contributed by atoms with Crippen LogP contribution in [0.25, 0.3) is 0 Å². The minimum atomic E-state index is -0.331. The summed E-state index contributed by atoms with van der Waals surface area (Å²) in [4.78, 5) is 25.3. The highest BCUT2D eigenvalue weighted by molar-refractivity contribution is 5.82. The predicted octanol–water partition coefficient (Wildman–Crippen LogP) is 6.56. The number of esters is 2. The largest absolute Gasteiger partial charge is 0.465 e. The highest BCUT2D eigenvalue weighted by Gasteiger charge is 2.40. The molecule has 170 valence electrons. The second kappa shape index (κ2) is 14.8. The van der Waals surface area contributed by atoms with Crippen LogP contribution in [0.2, 0.25) is 0 Å². The summed E-state index contributed by atoms with van der Waals surface area (Å²) in [5.74, 6) is 0.864. The molecule has 0 heterocycles. The summed E-state index contributed by atoms with van der Waals surface area (Å²) in [6.45, 7) is 12.0. The molecule has 0 amide bonds. The number of carbonyl (C=O) groups excluding carboxylic acids is 2. The maximum atomic E-state index is 12.6. The molecule has 0 aromatic carbocycles. The van der Waals surface area contributed by atoms with Crippen molar-refractivity contribution in [1.29, 1.82) is 0 Å². The zero-order chi connectivity index (χ0) is 21.6. The zero-order valence-corrected chi connectivity index (χ0v) is 19.7. The van der Waals surface area contributed by atoms with Crippen LogP contribution in [0.3, 0.4) is 0 Å². The summed E-state index contributed by atoms with van der Waals surface area (Å²) in [5.41, 5.74) is 0. The van der Waals surface area contributed by atoms with E-state index in [0.717, 1.165) is 56.8 Å². The lowest BCUT2D eigenvalue weighted by molar-refractivity contribution is -0.163. The molecule has 0 spiro atoms. The molecular formula is C25H46O4. The summed E-state index contributed by atoms with van der Waals surface area (Å²) in [6.07, 6.45) is 11.3. The van der Waals surface area contributed by atoms with Crippen molar-refractivity contribution in [2.45, 2.75) is 105 Å². The summed E-state index contributed by atoms with van der Waals surface area (Å²) in [6, 6.07) is 0. The molecule has 0 radical (unpaired) electrons. The highest BCUT2D eigenvalue weighted by atomic mass is 16.5. The smallest absolute Gasteiger partial charge is 0.309 e. The Bertz CT molecular complexity index is 458. The third-order valence-corrected chi connectivity index (χ3v) is 6.06. The van der Waals surface area contributed by atoms with Gasteiger partial charge in [0, 0.05) is 0 Å². The molecule has 1 aliphatic rings. The first-order chi connectivity index (χ1) is 13.8. The van der Waals surface area contributed by atoms with Crippen molar-refractivity contribution in [2.24, 2.45) is 29.6 Å². The average molecular weight is 411 g/mol. The van der Waals surface area contributed by atoms with Crippen LogP contribution in [0.15, 0.2) is 0 Å². The quantitative estimate of drug-likeness (QED) is 0.240. The van der Waals surface area contributed by atoms with Gasteiger partial charge >= 0.3 is 11.9 Å². The van der Waals surface area contributed by atoms with E-state index in [9.17, 15) is 9.59 Å². The lowest BCUT2D eigenvalue weighted by atomic mass is 9.74. The fourth-order valence-electron chi connectivity index (χ4n) is 4.15. The standard InChI is InChI=1S/C25H46O4/c1-19(2)12-8-6-10-16-28-24(26)22-15-14-21(5)18-23(22)25(27)29-17-11-7-9-13-20(3)4/h19-23H,6-18H2,1-5H3. The Morgan fingerprint density at radius 1 is 0.724 bits per heavy atom. The van der Waals surface area contributed by atoms with Crippen molar-refractivity contribution >= 4 is 11.9 Å². The summed E-state index contributed by atoms with van der Waals surface area (Å²) < 4.78 is 11.1. The number of hydrogen-bond acceptors (Lipinski definition) is 4. The van der Waals surface area contributed by atoms with Crippen LogP contribution in [0.4, 0.5) is 0 Å².